The van der Waals surface area contributed by atoms with Crippen LogP contribution in [0, 0.1) is 0 Å². The van der Waals surface area contributed by atoms with E-state index in [1.54, 1.807) is 0 Å². The fourth-order valence-electron chi connectivity index (χ4n) is 1.21. The van der Waals surface area contributed by atoms with Gasteiger partial charge >= 0.3 is 0 Å². The molecule has 2 heteroatoms. The molecule has 0 bridgehead atoms. The van der Waals surface area contributed by atoms with Crippen molar-refractivity contribution in [2.45, 2.75) is 0 Å². The Hall–Kier alpha value is -0.468. The zero-order valence-corrected chi connectivity index (χ0v) is 10.1. The van der Waals surface area contributed by atoms with Crippen LogP contribution in [-0.2, 0) is 20.4 Å². The van der Waals surface area contributed by atoms with Crippen molar-refractivity contribution < 1.29 is 20.4 Å². The molecule has 74 valence electrons. The van der Waals surface area contributed by atoms with Crippen molar-refractivity contribution in [1.82, 2.24) is 0 Å². The molecule has 2 rings (SSSR count). The van der Waals surface area contributed by atoms with E-state index in [4.69, 9.17) is 0 Å². The van der Waals surface area contributed by atoms with Crippen LogP contribution in [0.4, 0.5) is 0 Å². The summed E-state index contributed by atoms with van der Waals surface area (Å²) >= 11 is 0. The van der Waals surface area contributed by atoms with Gasteiger partial charge in [-0.1, -0.05) is 69.2 Å². The van der Waals surface area contributed by atoms with E-state index < -0.39 is 0 Å². The molecule has 0 radical (unpaired) electrons. The Morgan fingerprint density at radius 2 is 0.929 bits per heavy atom. The minimum Gasteiger partial charge on any atom is -0.0622 e. The van der Waals surface area contributed by atoms with Crippen LogP contribution in [0.5, 0.6) is 0 Å². The number of benzene rings is 2. The van der Waals surface area contributed by atoms with E-state index >= 15 is 0 Å². The first kappa shape index (κ1) is 11.6. The third kappa shape index (κ3) is 3.35. The van der Waals surface area contributed by atoms with Gasteiger partial charge in [-0.25, -0.2) is 0 Å². The van der Waals surface area contributed by atoms with E-state index in [9.17, 15) is 0 Å². The Bertz CT molecular complexity index is 321. The normalized spacial score (nSPS) is 9.14. The number of hydrogen-bond donors (Lipinski definition) is 0. The minimum atomic E-state index is 0. The van der Waals surface area contributed by atoms with Crippen LogP contribution >= 0.6 is 8.58 Å². The van der Waals surface area contributed by atoms with Crippen molar-refractivity contribution in [2.75, 3.05) is 0 Å². The SMILES string of the molecule is [Pd].c1ccc(Pc2ccccc2)cc1. The second-order valence-corrected chi connectivity index (χ2v) is 4.26. The maximum atomic E-state index is 2.17. The maximum absolute atomic E-state index is 2.17. The first-order valence-corrected chi connectivity index (χ1v) is 5.32. The van der Waals surface area contributed by atoms with E-state index in [2.05, 4.69) is 60.7 Å². The molecule has 0 saturated heterocycles. The van der Waals surface area contributed by atoms with Gasteiger partial charge in [-0.15, -0.1) is 0 Å². The average molecular weight is 293 g/mol. The van der Waals surface area contributed by atoms with Crippen LogP contribution in [0.25, 0.3) is 0 Å². The minimum absolute atomic E-state index is 0. The summed E-state index contributed by atoms with van der Waals surface area (Å²) in [5.74, 6) is 0. The Kier molecular flexibility index (Phi) is 5.06. The van der Waals surface area contributed by atoms with E-state index in [0.29, 0.717) is 0 Å². The smallest absolute Gasteiger partial charge is 0 e. The molecule has 0 fully saturated rings. The summed E-state index contributed by atoms with van der Waals surface area (Å²) in [5.41, 5.74) is 0. The summed E-state index contributed by atoms with van der Waals surface area (Å²) in [5, 5.41) is 2.79. The van der Waals surface area contributed by atoms with Crippen LogP contribution < -0.4 is 10.6 Å². The third-order valence-corrected chi connectivity index (χ3v) is 3.08. The Balaban J connectivity index is 0.000000980. The molecule has 0 aromatic heterocycles. The molecular weight excluding hydrogens is 282 g/mol. The summed E-state index contributed by atoms with van der Waals surface area (Å²) in [6.07, 6.45) is 0. The van der Waals surface area contributed by atoms with E-state index in [0.717, 1.165) is 8.58 Å². The van der Waals surface area contributed by atoms with Crippen molar-refractivity contribution >= 4 is 19.2 Å². The Morgan fingerprint density at radius 1 is 0.571 bits per heavy atom. The monoisotopic (exact) mass is 292 g/mol. The van der Waals surface area contributed by atoms with E-state index in [-0.39, 0.29) is 20.4 Å². The molecule has 2 aromatic carbocycles. The molecule has 0 aliphatic heterocycles. The Labute approximate surface area is 100 Å². The van der Waals surface area contributed by atoms with Crippen molar-refractivity contribution in [3.8, 4) is 0 Å². The van der Waals surface area contributed by atoms with Gasteiger partial charge in [0.15, 0.2) is 0 Å². The van der Waals surface area contributed by atoms with Gasteiger partial charge in [-0.2, -0.15) is 0 Å². The van der Waals surface area contributed by atoms with Gasteiger partial charge in [-0.05, 0) is 10.6 Å². The van der Waals surface area contributed by atoms with Gasteiger partial charge in [0.25, 0.3) is 0 Å². The van der Waals surface area contributed by atoms with Crippen molar-refractivity contribution in [2.24, 2.45) is 0 Å². The fraction of sp³-hybridized carbons (Fsp3) is 0. The quantitative estimate of drug-likeness (QED) is 0.589. The number of hydrogen-bond acceptors (Lipinski definition) is 0. The molecule has 2 aromatic rings. The first-order valence-electron chi connectivity index (χ1n) is 4.32. The molecular formula is C12H11PPd. The van der Waals surface area contributed by atoms with Gasteiger partial charge in [0.1, 0.15) is 0 Å². The molecule has 0 N–H and O–H groups in total. The second-order valence-electron chi connectivity index (χ2n) is 2.86. The topological polar surface area (TPSA) is 0 Å². The summed E-state index contributed by atoms with van der Waals surface area (Å²) < 4.78 is 0. The van der Waals surface area contributed by atoms with Crippen LogP contribution in [0.3, 0.4) is 0 Å². The van der Waals surface area contributed by atoms with Gasteiger partial charge < -0.3 is 0 Å². The average Bonchev–Trinajstić information content (AvgIpc) is 2.21. The zero-order chi connectivity index (χ0) is 8.93. The van der Waals surface area contributed by atoms with Crippen molar-refractivity contribution in [3.05, 3.63) is 60.7 Å². The zero-order valence-electron chi connectivity index (χ0n) is 7.59. The summed E-state index contributed by atoms with van der Waals surface area (Å²) in [6.45, 7) is 0. The van der Waals surface area contributed by atoms with Crippen molar-refractivity contribution in [1.29, 1.82) is 0 Å². The molecule has 14 heavy (non-hydrogen) atoms. The molecule has 0 spiro atoms. The summed E-state index contributed by atoms with van der Waals surface area (Å²) in [4.78, 5) is 0. The maximum Gasteiger partial charge on any atom is 0 e. The molecule has 0 saturated carbocycles. The van der Waals surface area contributed by atoms with Crippen LogP contribution in [0.15, 0.2) is 60.7 Å². The fourth-order valence-corrected chi connectivity index (χ4v) is 2.26. The van der Waals surface area contributed by atoms with Crippen molar-refractivity contribution in [3.63, 3.8) is 0 Å². The predicted molar refractivity (Wildman–Crippen MR) is 60.5 cm³/mol. The van der Waals surface area contributed by atoms with Crippen LogP contribution in [0.1, 0.15) is 0 Å². The molecule has 0 nitrogen and oxygen atoms in total. The summed E-state index contributed by atoms with van der Waals surface area (Å²) in [6, 6.07) is 21.2. The predicted octanol–water partition coefficient (Wildman–Crippen LogP) is 2.31. The molecule has 0 atom stereocenters. The molecule has 0 amide bonds. The van der Waals surface area contributed by atoms with Gasteiger partial charge in [0.05, 0.1) is 0 Å². The van der Waals surface area contributed by atoms with E-state index in [1.807, 2.05) is 0 Å². The van der Waals surface area contributed by atoms with Gasteiger partial charge in [0.2, 0.25) is 0 Å². The van der Waals surface area contributed by atoms with E-state index in [1.165, 1.54) is 10.6 Å². The third-order valence-electron chi connectivity index (χ3n) is 1.84. The molecule has 0 aliphatic carbocycles. The first-order chi connectivity index (χ1) is 6.45. The Morgan fingerprint density at radius 3 is 1.29 bits per heavy atom. The van der Waals surface area contributed by atoms with Crippen LogP contribution in [0.2, 0.25) is 0 Å². The molecule has 0 aliphatic rings. The van der Waals surface area contributed by atoms with Gasteiger partial charge in [0, 0.05) is 20.4 Å². The largest absolute Gasteiger partial charge is 0.0622 e. The number of rotatable bonds is 2. The second kappa shape index (κ2) is 6.10. The molecule has 0 unspecified atom stereocenters. The summed E-state index contributed by atoms with van der Waals surface area (Å²) in [7, 11) is 0.777. The standard InChI is InChI=1S/C12H11P.Pd/c1-3-7-11(8-4-1)13-12-9-5-2-6-10-12;/h1-10,13H;. The van der Waals surface area contributed by atoms with Crippen LogP contribution in [-0.4, -0.2) is 0 Å². The van der Waals surface area contributed by atoms with Gasteiger partial charge in [-0.3, -0.25) is 0 Å². The molecule has 0 heterocycles.